The Labute approximate surface area is 73.0 Å². The Balaban J connectivity index is 4.33. The zero-order valence-electron chi connectivity index (χ0n) is 7.74. The van der Waals surface area contributed by atoms with E-state index in [0.717, 1.165) is 5.57 Å². The number of amides is 1. The van der Waals surface area contributed by atoms with Gasteiger partial charge in [-0.25, -0.2) is 4.79 Å². The third-order valence-electron chi connectivity index (χ3n) is 1.30. The molecular formula is C9H15NO2. The molecule has 0 bridgehead atoms. The molecule has 0 radical (unpaired) electrons. The number of nitrogens with zero attached hydrogens (tertiary/aromatic N) is 1. The Morgan fingerprint density at radius 2 is 2.08 bits per heavy atom. The SMILES string of the molecule is C=C(C)C=CN(C(=O)O)C(C)C. The average Bonchev–Trinajstić information content (AvgIpc) is 1.84. The second kappa shape index (κ2) is 4.59. The molecule has 1 amide bonds. The van der Waals surface area contributed by atoms with Crippen LogP contribution >= 0.6 is 0 Å². The van der Waals surface area contributed by atoms with Crippen LogP contribution in [-0.2, 0) is 0 Å². The summed E-state index contributed by atoms with van der Waals surface area (Å²) in [5.74, 6) is 0. The van der Waals surface area contributed by atoms with Gasteiger partial charge in [-0.2, -0.15) is 0 Å². The van der Waals surface area contributed by atoms with Crippen LogP contribution in [-0.4, -0.2) is 22.1 Å². The summed E-state index contributed by atoms with van der Waals surface area (Å²) in [6, 6.07) is -0.0434. The van der Waals surface area contributed by atoms with Crippen molar-refractivity contribution in [1.82, 2.24) is 4.90 Å². The van der Waals surface area contributed by atoms with Crippen LogP contribution in [0.5, 0.6) is 0 Å². The van der Waals surface area contributed by atoms with E-state index in [9.17, 15) is 4.79 Å². The molecule has 12 heavy (non-hydrogen) atoms. The zero-order valence-corrected chi connectivity index (χ0v) is 7.74. The molecule has 3 nitrogen and oxygen atoms in total. The first-order valence-electron chi connectivity index (χ1n) is 3.80. The van der Waals surface area contributed by atoms with Crippen molar-refractivity contribution in [2.24, 2.45) is 0 Å². The number of carbonyl (C=O) groups is 1. The van der Waals surface area contributed by atoms with Crippen molar-refractivity contribution in [3.63, 3.8) is 0 Å². The molecule has 0 fully saturated rings. The van der Waals surface area contributed by atoms with Crippen molar-refractivity contribution in [1.29, 1.82) is 0 Å². The standard InChI is InChI=1S/C9H15NO2/c1-7(2)5-6-10(8(3)4)9(11)12/h5-6,8H,1H2,2-4H3,(H,11,12). The Kier molecular flexibility index (Phi) is 4.11. The van der Waals surface area contributed by atoms with E-state index < -0.39 is 6.09 Å². The van der Waals surface area contributed by atoms with Crippen molar-refractivity contribution in [3.05, 3.63) is 24.4 Å². The molecule has 0 atom stereocenters. The minimum absolute atomic E-state index is 0.0434. The first-order chi connectivity index (χ1) is 5.45. The summed E-state index contributed by atoms with van der Waals surface area (Å²) in [4.78, 5) is 11.8. The molecule has 0 aromatic carbocycles. The van der Waals surface area contributed by atoms with Crippen molar-refractivity contribution in [2.75, 3.05) is 0 Å². The lowest BCUT2D eigenvalue weighted by Gasteiger charge is -2.18. The van der Waals surface area contributed by atoms with Gasteiger partial charge in [0, 0.05) is 12.2 Å². The van der Waals surface area contributed by atoms with Gasteiger partial charge < -0.3 is 5.11 Å². The molecule has 0 aliphatic heterocycles. The van der Waals surface area contributed by atoms with Crippen molar-refractivity contribution in [2.45, 2.75) is 26.8 Å². The molecule has 0 rings (SSSR count). The van der Waals surface area contributed by atoms with Crippen LogP contribution in [0.4, 0.5) is 4.79 Å². The summed E-state index contributed by atoms with van der Waals surface area (Å²) >= 11 is 0. The van der Waals surface area contributed by atoms with E-state index in [1.54, 1.807) is 6.08 Å². The predicted molar refractivity (Wildman–Crippen MR) is 49.0 cm³/mol. The second-order valence-corrected chi connectivity index (χ2v) is 2.95. The maximum atomic E-state index is 10.6. The molecule has 0 unspecified atom stereocenters. The Hall–Kier alpha value is -1.25. The van der Waals surface area contributed by atoms with Gasteiger partial charge in [0.2, 0.25) is 0 Å². The summed E-state index contributed by atoms with van der Waals surface area (Å²) in [5.41, 5.74) is 0.835. The van der Waals surface area contributed by atoms with E-state index in [4.69, 9.17) is 5.11 Å². The van der Waals surface area contributed by atoms with Crippen molar-refractivity contribution < 1.29 is 9.90 Å². The molecule has 0 aliphatic carbocycles. The Morgan fingerprint density at radius 3 is 2.33 bits per heavy atom. The molecule has 3 heteroatoms. The summed E-state index contributed by atoms with van der Waals surface area (Å²) < 4.78 is 0. The first-order valence-corrected chi connectivity index (χ1v) is 3.80. The normalized spacial score (nSPS) is 10.7. The van der Waals surface area contributed by atoms with Gasteiger partial charge in [0.1, 0.15) is 0 Å². The van der Waals surface area contributed by atoms with E-state index in [2.05, 4.69) is 6.58 Å². The lowest BCUT2D eigenvalue weighted by atomic mass is 10.3. The van der Waals surface area contributed by atoms with Crippen LogP contribution in [0.1, 0.15) is 20.8 Å². The molecule has 0 saturated carbocycles. The maximum Gasteiger partial charge on any atom is 0.411 e. The van der Waals surface area contributed by atoms with Gasteiger partial charge in [0.05, 0.1) is 0 Å². The fraction of sp³-hybridized carbons (Fsp3) is 0.444. The summed E-state index contributed by atoms with van der Waals surface area (Å²) in [7, 11) is 0. The van der Waals surface area contributed by atoms with Crippen LogP contribution in [0.3, 0.4) is 0 Å². The van der Waals surface area contributed by atoms with Gasteiger partial charge in [-0.3, -0.25) is 4.90 Å². The summed E-state index contributed by atoms with van der Waals surface area (Å²) in [6.45, 7) is 9.09. The van der Waals surface area contributed by atoms with E-state index in [-0.39, 0.29) is 6.04 Å². The minimum Gasteiger partial charge on any atom is -0.465 e. The maximum absolute atomic E-state index is 10.6. The fourth-order valence-electron chi connectivity index (χ4n) is 0.664. The van der Waals surface area contributed by atoms with Gasteiger partial charge in [0.15, 0.2) is 0 Å². The summed E-state index contributed by atoms with van der Waals surface area (Å²) in [6.07, 6.45) is 2.26. The number of hydrogen-bond acceptors (Lipinski definition) is 1. The van der Waals surface area contributed by atoms with Gasteiger partial charge >= 0.3 is 6.09 Å². The smallest absolute Gasteiger partial charge is 0.411 e. The first kappa shape index (κ1) is 10.8. The minimum atomic E-state index is -0.942. The predicted octanol–water partition coefficient (Wildman–Crippen LogP) is 2.46. The van der Waals surface area contributed by atoms with Gasteiger partial charge in [-0.1, -0.05) is 12.2 Å². The Morgan fingerprint density at radius 1 is 1.58 bits per heavy atom. The van der Waals surface area contributed by atoms with Crippen molar-refractivity contribution in [3.8, 4) is 0 Å². The molecular weight excluding hydrogens is 154 g/mol. The molecule has 1 N–H and O–H groups in total. The highest BCUT2D eigenvalue weighted by molar-refractivity contribution is 5.66. The lowest BCUT2D eigenvalue weighted by molar-refractivity contribution is 0.153. The lowest BCUT2D eigenvalue weighted by Crippen LogP contribution is -2.30. The zero-order chi connectivity index (χ0) is 9.72. The van der Waals surface area contributed by atoms with Crippen LogP contribution in [0.15, 0.2) is 24.4 Å². The highest BCUT2D eigenvalue weighted by atomic mass is 16.4. The van der Waals surface area contributed by atoms with Crippen LogP contribution in [0, 0.1) is 0 Å². The van der Waals surface area contributed by atoms with E-state index in [1.807, 2.05) is 20.8 Å². The molecule has 68 valence electrons. The third kappa shape index (κ3) is 3.81. The van der Waals surface area contributed by atoms with Crippen molar-refractivity contribution >= 4 is 6.09 Å². The highest BCUT2D eigenvalue weighted by Crippen LogP contribution is 2.01. The molecule has 0 aromatic heterocycles. The molecule has 0 aromatic rings. The molecule has 0 aliphatic rings. The van der Waals surface area contributed by atoms with E-state index in [1.165, 1.54) is 11.1 Å². The van der Waals surface area contributed by atoms with Gasteiger partial charge in [0.25, 0.3) is 0 Å². The van der Waals surface area contributed by atoms with Crippen LogP contribution < -0.4 is 0 Å². The Bertz CT molecular complexity index is 207. The average molecular weight is 169 g/mol. The number of carboxylic acid groups (broad SMARTS) is 1. The number of allylic oxidation sites excluding steroid dienone is 2. The topological polar surface area (TPSA) is 40.5 Å². The van der Waals surface area contributed by atoms with Gasteiger partial charge in [-0.05, 0) is 26.8 Å². The third-order valence-corrected chi connectivity index (χ3v) is 1.30. The number of hydrogen-bond donors (Lipinski definition) is 1. The molecule has 0 spiro atoms. The highest BCUT2D eigenvalue weighted by Gasteiger charge is 2.10. The largest absolute Gasteiger partial charge is 0.465 e. The number of rotatable bonds is 3. The van der Waals surface area contributed by atoms with Gasteiger partial charge in [-0.15, -0.1) is 0 Å². The fourth-order valence-corrected chi connectivity index (χ4v) is 0.664. The summed E-state index contributed by atoms with van der Waals surface area (Å²) in [5, 5.41) is 8.70. The van der Waals surface area contributed by atoms with E-state index >= 15 is 0 Å². The molecule has 0 saturated heterocycles. The van der Waals surface area contributed by atoms with Crippen LogP contribution in [0.25, 0.3) is 0 Å². The molecule has 0 heterocycles. The second-order valence-electron chi connectivity index (χ2n) is 2.95. The quantitative estimate of drug-likeness (QED) is 0.659. The monoisotopic (exact) mass is 169 g/mol. The van der Waals surface area contributed by atoms with Crippen LogP contribution in [0.2, 0.25) is 0 Å². The van der Waals surface area contributed by atoms with E-state index in [0.29, 0.717) is 0 Å².